The van der Waals surface area contributed by atoms with Crippen LogP contribution in [0.25, 0.3) is 0 Å². The summed E-state index contributed by atoms with van der Waals surface area (Å²) in [6.45, 7) is 3.10. The zero-order chi connectivity index (χ0) is 15.0. The van der Waals surface area contributed by atoms with Crippen molar-refractivity contribution >= 4 is 11.7 Å². The standard InChI is InChI=1S/C15H22N2O3/c1-4-9-16-15(19)11-17(2)10-14(18)12-5-7-13(20-3)8-6-12/h5-8H,4,9-11H2,1-3H3,(H,16,19). The van der Waals surface area contributed by atoms with Gasteiger partial charge >= 0.3 is 0 Å². The number of benzene rings is 1. The second-order valence-electron chi connectivity index (χ2n) is 4.67. The zero-order valence-electron chi connectivity index (χ0n) is 12.3. The molecule has 0 fully saturated rings. The summed E-state index contributed by atoms with van der Waals surface area (Å²) in [4.78, 5) is 25.3. The quantitative estimate of drug-likeness (QED) is 0.729. The largest absolute Gasteiger partial charge is 0.497 e. The average Bonchev–Trinajstić information content (AvgIpc) is 2.45. The minimum absolute atomic E-state index is 0.0153. The fourth-order valence-corrected chi connectivity index (χ4v) is 1.73. The maximum Gasteiger partial charge on any atom is 0.234 e. The highest BCUT2D eigenvalue weighted by Crippen LogP contribution is 2.11. The highest BCUT2D eigenvalue weighted by Gasteiger charge is 2.12. The second kappa shape index (κ2) is 8.32. The molecule has 0 aliphatic rings. The second-order valence-corrected chi connectivity index (χ2v) is 4.67. The number of likely N-dealkylation sites (N-methyl/N-ethyl adjacent to an activating group) is 1. The van der Waals surface area contributed by atoms with Gasteiger partial charge in [-0.1, -0.05) is 6.92 Å². The first-order valence-electron chi connectivity index (χ1n) is 6.69. The van der Waals surface area contributed by atoms with Crippen LogP contribution in [0.5, 0.6) is 5.75 Å². The summed E-state index contributed by atoms with van der Waals surface area (Å²) in [5, 5.41) is 2.78. The third kappa shape index (κ3) is 5.40. The van der Waals surface area contributed by atoms with Crippen molar-refractivity contribution in [1.82, 2.24) is 10.2 Å². The van der Waals surface area contributed by atoms with Gasteiger partial charge in [-0.25, -0.2) is 0 Å². The van der Waals surface area contributed by atoms with Gasteiger partial charge in [0.05, 0.1) is 20.2 Å². The van der Waals surface area contributed by atoms with Crippen LogP contribution < -0.4 is 10.1 Å². The minimum Gasteiger partial charge on any atom is -0.497 e. The number of ketones is 1. The Morgan fingerprint density at radius 2 is 1.85 bits per heavy atom. The van der Waals surface area contributed by atoms with E-state index >= 15 is 0 Å². The Hall–Kier alpha value is -1.88. The summed E-state index contributed by atoms with van der Waals surface area (Å²) in [6.07, 6.45) is 0.903. The molecule has 5 heteroatoms. The highest BCUT2D eigenvalue weighted by molar-refractivity contribution is 5.97. The van der Waals surface area contributed by atoms with E-state index in [1.807, 2.05) is 6.92 Å². The number of rotatable bonds is 8. The van der Waals surface area contributed by atoms with Crippen molar-refractivity contribution in [2.75, 3.05) is 33.8 Å². The van der Waals surface area contributed by atoms with Crippen LogP contribution in [-0.2, 0) is 4.79 Å². The van der Waals surface area contributed by atoms with Crippen LogP contribution in [0.4, 0.5) is 0 Å². The maximum absolute atomic E-state index is 12.0. The molecule has 1 rings (SSSR count). The van der Waals surface area contributed by atoms with Crippen LogP contribution in [-0.4, -0.2) is 50.4 Å². The Kier molecular flexibility index (Phi) is 6.73. The van der Waals surface area contributed by atoms with Gasteiger partial charge in [0.15, 0.2) is 5.78 Å². The molecule has 0 saturated carbocycles. The van der Waals surface area contributed by atoms with Crippen molar-refractivity contribution in [3.63, 3.8) is 0 Å². The summed E-state index contributed by atoms with van der Waals surface area (Å²) < 4.78 is 5.05. The van der Waals surface area contributed by atoms with Crippen LogP contribution >= 0.6 is 0 Å². The molecule has 110 valence electrons. The summed E-state index contributed by atoms with van der Waals surface area (Å²) in [7, 11) is 3.34. The van der Waals surface area contributed by atoms with Gasteiger partial charge in [-0.3, -0.25) is 14.5 Å². The molecule has 0 spiro atoms. The molecule has 0 heterocycles. The molecule has 5 nitrogen and oxygen atoms in total. The zero-order valence-corrected chi connectivity index (χ0v) is 12.3. The number of hydrogen-bond acceptors (Lipinski definition) is 4. The van der Waals surface area contributed by atoms with E-state index in [0.717, 1.165) is 6.42 Å². The van der Waals surface area contributed by atoms with E-state index in [0.29, 0.717) is 17.9 Å². The summed E-state index contributed by atoms with van der Waals surface area (Å²) in [5.74, 6) is 0.643. The molecular formula is C15H22N2O3. The number of hydrogen-bond donors (Lipinski definition) is 1. The molecular weight excluding hydrogens is 256 g/mol. The van der Waals surface area contributed by atoms with Crippen LogP contribution in [0.2, 0.25) is 0 Å². The van der Waals surface area contributed by atoms with Crippen molar-refractivity contribution in [1.29, 1.82) is 0 Å². The van der Waals surface area contributed by atoms with Crippen LogP contribution in [0.15, 0.2) is 24.3 Å². The van der Waals surface area contributed by atoms with Crippen molar-refractivity contribution in [2.45, 2.75) is 13.3 Å². The first-order chi connectivity index (χ1) is 9.56. The van der Waals surface area contributed by atoms with Crippen molar-refractivity contribution < 1.29 is 14.3 Å². The van der Waals surface area contributed by atoms with E-state index in [2.05, 4.69) is 5.32 Å². The SMILES string of the molecule is CCCNC(=O)CN(C)CC(=O)c1ccc(OC)cc1. The van der Waals surface area contributed by atoms with Gasteiger partial charge in [-0.15, -0.1) is 0 Å². The van der Waals surface area contributed by atoms with E-state index in [4.69, 9.17) is 4.74 Å². The van der Waals surface area contributed by atoms with Gasteiger partial charge in [-0.05, 0) is 37.7 Å². The third-order valence-corrected chi connectivity index (χ3v) is 2.81. The third-order valence-electron chi connectivity index (χ3n) is 2.81. The van der Waals surface area contributed by atoms with Gasteiger partial charge in [0.2, 0.25) is 5.91 Å². The fourth-order valence-electron chi connectivity index (χ4n) is 1.73. The molecule has 1 aromatic rings. The first-order valence-corrected chi connectivity index (χ1v) is 6.69. The van der Waals surface area contributed by atoms with Gasteiger partial charge in [0.1, 0.15) is 5.75 Å². The summed E-state index contributed by atoms with van der Waals surface area (Å²) >= 11 is 0. The number of ether oxygens (including phenoxy) is 1. The molecule has 0 unspecified atom stereocenters. The number of carbonyl (C=O) groups is 2. The topological polar surface area (TPSA) is 58.6 Å². The molecule has 1 N–H and O–H groups in total. The smallest absolute Gasteiger partial charge is 0.234 e. The Morgan fingerprint density at radius 1 is 1.20 bits per heavy atom. The Bertz CT molecular complexity index is 443. The molecule has 0 radical (unpaired) electrons. The average molecular weight is 278 g/mol. The van der Waals surface area contributed by atoms with E-state index in [9.17, 15) is 9.59 Å². The predicted molar refractivity (Wildman–Crippen MR) is 78.1 cm³/mol. The molecule has 0 aliphatic carbocycles. The van der Waals surface area contributed by atoms with E-state index in [1.54, 1.807) is 43.3 Å². The van der Waals surface area contributed by atoms with Crippen LogP contribution in [0, 0.1) is 0 Å². The lowest BCUT2D eigenvalue weighted by Gasteiger charge is -2.15. The van der Waals surface area contributed by atoms with Gasteiger partial charge in [-0.2, -0.15) is 0 Å². The number of carbonyl (C=O) groups excluding carboxylic acids is 2. The molecule has 0 aliphatic heterocycles. The molecule has 0 atom stereocenters. The minimum atomic E-state index is -0.0584. The number of nitrogens with zero attached hydrogens (tertiary/aromatic N) is 1. The van der Waals surface area contributed by atoms with Crippen molar-refractivity contribution in [2.24, 2.45) is 0 Å². The molecule has 20 heavy (non-hydrogen) atoms. The fraction of sp³-hybridized carbons (Fsp3) is 0.467. The van der Waals surface area contributed by atoms with Crippen molar-refractivity contribution in [3.8, 4) is 5.75 Å². The summed E-state index contributed by atoms with van der Waals surface area (Å²) in [6, 6.07) is 6.96. The number of nitrogens with one attached hydrogen (secondary N) is 1. The number of methoxy groups -OCH3 is 1. The van der Waals surface area contributed by atoms with Crippen LogP contribution in [0.1, 0.15) is 23.7 Å². The Balaban J connectivity index is 2.46. The molecule has 0 saturated heterocycles. The number of amides is 1. The van der Waals surface area contributed by atoms with Crippen LogP contribution in [0.3, 0.4) is 0 Å². The number of Topliss-reactive ketones (excluding diaryl/α,β-unsaturated/α-hetero) is 1. The predicted octanol–water partition coefficient (Wildman–Crippen LogP) is 1.34. The van der Waals surface area contributed by atoms with Gasteiger partial charge < -0.3 is 10.1 Å². The van der Waals surface area contributed by atoms with Crippen molar-refractivity contribution in [3.05, 3.63) is 29.8 Å². The normalized spacial score (nSPS) is 10.4. The lowest BCUT2D eigenvalue weighted by molar-refractivity contribution is -0.121. The van der Waals surface area contributed by atoms with E-state index in [-0.39, 0.29) is 24.8 Å². The monoisotopic (exact) mass is 278 g/mol. The van der Waals surface area contributed by atoms with Gasteiger partial charge in [0.25, 0.3) is 0 Å². The highest BCUT2D eigenvalue weighted by atomic mass is 16.5. The molecule has 1 aromatic carbocycles. The summed E-state index contributed by atoms with van der Waals surface area (Å²) in [5.41, 5.74) is 0.617. The van der Waals surface area contributed by atoms with Gasteiger partial charge in [0, 0.05) is 12.1 Å². The Morgan fingerprint density at radius 3 is 2.40 bits per heavy atom. The van der Waals surface area contributed by atoms with E-state index in [1.165, 1.54) is 0 Å². The molecule has 1 amide bonds. The lowest BCUT2D eigenvalue weighted by atomic mass is 10.1. The Labute approximate surface area is 119 Å². The first kappa shape index (κ1) is 16.2. The van der Waals surface area contributed by atoms with E-state index < -0.39 is 0 Å². The maximum atomic E-state index is 12.0. The molecule has 0 aromatic heterocycles. The lowest BCUT2D eigenvalue weighted by Crippen LogP contribution is -2.37. The molecule has 0 bridgehead atoms.